The molecule has 1 aromatic carbocycles. The van der Waals surface area contributed by atoms with E-state index in [0.29, 0.717) is 17.2 Å². The fourth-order valence-corrected chi connectivity index (χ4v) is 4.09. The Kier molecular flexibility index (Phi) is 6.54. The second-order valence-corrected chi connectivity index (χ2v) is 8.03. The number of benzene rings is 1. The molecule has 0 N–H and O–H groups in total. The second kappa shape index (κ2) is 9.09. The van der Waals surface area contributed by atoms with Gasteiger partial charge in [-0.2, -0.15) is 0 Å². The van der Waals surface area contributed by atoms with Gasteiger partial charge in [0.15, 0.2) is 11.6 Å². The minimum Gasteiger partial charge on any atom is -0.298 e. The number of rotatable bonds is 5. The molecule has 0 saturated heterocycles. The number of aromatic nitrogens is 1. The van der Waals surface area contributed by atoms with Gasteiger partial charge in [0.05, 0.1) is 10.7 Å². The molecule has 4 nitrogen and oxygen atoms in total. The molecule has 0 atom stereocenters. The highest BCUT2D eigenvalue weighted by molar-refractivity contribution is 8.16. The Morgan fingerprint density at radius 2 is 1.62 bits per heavy atom. The lowest BCUT2D eigenvalue weighted by atomic mass is 9.95. The van der Waals surface area contributed by atoms with Crippen molar-refractivity contribution >= 4 is 39.6 Å². The maximum Gasteiger partial charge on any atom is 0.150 e. The van der Waals surface area contributed by atoms with Crippen LogP contribution in [0.2, 0.25) is 0 Å². The molecule has 0 fully saturated rings. The van der Waals surface area contributed by atoms with Gasteiger partial charge in [0.2, 0.25) is 0 Å². The van der Waals surface area contributed by atoms with Gasteiger partial charge in [0.25, 0.3) is 0 Å². The minimum absolute atomic E-state index is 0.206. The molecular weight excluding hydrogens is 387 g/mol. The van der Waals surface area contributed by atoms with Crippen molar-refractivity contribution in [1.29, 1.82) is 0 Å². The number of nitrogens with zero attached hydrogens (tertiary/aromatic N) is 2. The van der Waals surface area contributed by atoms with Crippen LogP contribution in [0.1, 0.15) is 38.3 Å². The molecule has 0 radical (unpaired) electrons. The molecule has 0 saturated carbocycles. The molecule has 1 aliphatic rings. The average Bonchev–Trinajstić information content (AvgIpc) is 2.85. The largest absolute Gasteiger partial charge is 0.298 e. The summed E-state index contributed by atoms with van der Waals surface area (Å²) in [5, 5.41) is -0.212. The van der Waals surface area contributed by atoms with E-state index in [1.54, 1.807) is 24.5 Å². The minimum atomic E-state index is -0.797. The van der Waals surface area contributed by atoms with Crippen molar-refractivity contribution in [2.75, 3.05) is 0 Å². The van der Waals surface area contributed by atoms with Crippen molar-refractivity contribution in [3.05, 3.63) is 77.4 Å². The first-order valence-corrected chi connectivity index (χ1v) is 10.1. The molecule has 29 heavy (non-hydrogen) atoms. The number of carbonyl (C=O) groups excluding carboxylic acids is 2. The van der Waals surface area contributed by atoms with Crippen LogP contribution >= 0.6 is 11.8 Å². The van der Waals surface area contributed by atoms with Crippen molar-refractivity contribution in [1.82, 2.24) is 4.98 Å². The predicted octanol–water partition coefficient (Wildman–Crippen LogP) is 5.12. The third-order valence-corrected chi connectivity index (χ3v) is 5.81. The van der Waals surface area contributed by atoms with Gasteiger partial charge >= 0.3 is 0 Å². The second-order valence-electron chi connectivity index (χ2n) is 6.91. The molecule has 0 unspecified atom stereocenters. The fraction of sp³-hybridized carbons (Fsp3) is 0.217. The van der Waals surface area contributed by atoms with Crippen LogP contribution in [0.15, 0.2) is 65.4 Å². The molecule has 2 heterocycles. The number of allylic oxidation sites excluding steroid dienone is 2. The van der Waals surface area contributed by atoms with Gasteiger partial charge in [-0.1, -0.05) is 17.3 Å². The quantitative estimate of drug-likeness (QED) is 0.645. The number of pyridine rings is 1. The number of ketones is 2. The number of thioether (sulfide) groups is 1. The number of hydrogen-bond acceptors (Lipinski definition) is 5. The van der Waals surface area contributed by atoms with Crippen LogP contribution in [0.4, 0.5) is 4.39 Å². The molecule has 1 aromatic heterocycles. The molecule has 0 amide bonds. The smallest absolute Gasteiger partial charge is 0.150 e. The monoisotopic (exact) mass is 408 g/mol. The summed E-state index contributed by atoms with van der Waals surface area (Å²) in [6.45, 7) is 4.81. The fourth-order valence-electron chi connectivity index (χ4n) is 3.11. The topological polar surface area (TPSA) is 59.4 Å². The zero-order valence-corrected chi connectivity index (χ0v) is 17.3. The highest BCUT2D eigenvalue weighted by Gasteiger charge is 2.24. The van der Waals surface area contributed by atoms with Crippen molar-refractivity contribution in [3.8, 4) is 0 Å². The summed E-state index contributed by atoms with van der Waals surface area (Å²) < 4.78 is 13.5. The SMILES string of the molecule is CC(=O)C(SC1=NC(c2ccc(F)cc2)=C(c2ccncc2)CC(C)=C1)C(C)=O. The molecule has 0 aliphatic carbocycles. The molecule has 6 heteroatoms. The Morgan fingerprint density at radius 1 is 1.00 bits per heavy atom. The van der Waals surface area contributed by atoms with Crippen LogP contribution in [-0.2, 0) is 9.59 Å². The molecule has 3 rings (SSSR count). The van der Waals surface area contributed by atoms with Crippen LogP contribution in [-0.4, -0.2) is 26.8 Å². The lowest BCUT2D eigenvalue weighted by molar-refractivity contribution is -0.123. The van der Waals surface area contributed by atoms with E-state index in [1.807, 2.05) is 25.1 Å². The first-order chi connectivity index (χ1) is 13.8. The number of hydrogen-bond donors (Lipinski definition) is 0. The van der Waals surface area contributed by atoms with Crippen LogP contribution < -0.4 is 0 Å². The Morgan fingerprint density at radius 3 is 2.21 bits per heavy atom. The summed E-state index contributed by atoms with van der Waals surface area (Å²) in [5.74, 6) is -0.737. The lowest BCUT2D eigenvalue weighted by Crippen LogP contribution is -2.23. The van der Waals surface area contributed by atoms with E-state index in [4.69, 9.17) is 4.99 Å². The first kappa shape index (κ1) is 20.9. The average molecular weight is 408 g/mol. The normalized spacial score (nSPS) is 14.4. The van der Waals surface area contributed by atoms with E-state index in [2.05, 4.69) is 4.98 Å². The van der Waals surface area contributed by atoms with E-state index < -0.39 is 5.25 Å². The standard InChI is InChI=1S/C23H21FN2O2S/c1-14-12-20(17-8-10-25-11-9-17)22(18-4-6-19(24)7-5-18)26-21(13-14)29-23(15(2)27)16(3)28/h4-11,13,23H,12H2,1-3H3. The Bertz CT molecular complexity index is 1010. The third-order valence-electron chi connectivity index (χ3n) is 4.46. The van der Waals surface area contributed by atoms with E-state index in [1.165, 1.54) is 26.0 Å². The molecule has 1 aliphatic heterocycles. The molecular formula is C23H21FN2O2S. The Labute approximate surface area is 173 Å². The Balaban J connectivity index is 2.17. The van der Waals surface area contributed by atoms with Gasteiger partial charge in [-0.15, -0.1) is 0 Å². The first-order valence-electron chi connectivity index (χ1n) is 9.18. The van der Waals surface area contributed by atoms with Gasteiger partial charge in [0, 0.05) is 18.0 Å². The van der Waals surface area contributed by atoms with Crippen molar-refractivity contribution < 1.29 is 14.0 Å². The summed E-state index contributed by atoms with van der Waals surface area (Å²) in [4.78, 5) is 32.8. The molecule has 0 spiro atoms. The highest BCUT2D eigenvalue weighted by atomic mass is 32.2. The summed E-state index contributed by atoms with van der Waals surface area (Å²) >= 11 is 1.15. The molecule has 0 bridgehead atoms. The summed E-state index contributed by atoms with van der Waals surface area (Å²) in [6.07, 6.45) is 5.97. The van der Waals surface area contributed by atoms with E-state index in [-0.39, 0.29) is 17.4 Å². The Hall–Kier alpha value is -2.86. The predicted molar refractivity (Wildman–Crippen MR) is 116 cm³/mol. The number of halogens is 1. The van der Waals surface area contributed by atoms with Gasteiger partial charge in [-0.25, -0.2) is 9.38 Å². The highest BCUT2D eigenvalue weighted by Crippen LogP contribution is 2.36. The van der Waals surface area contributed by atoms with Crippen LogP contribution in [0.5, 0.6) is 0 Å². The van der Waals surface area contributed by atoms with E-state index >= 15 is 0 Å². The van der Waals surface area contributed by atoms with Gasteiger partial charge in [-0.3, -0.25) is 14.6 Å². The summed E-state index contributed by atoms with van der Waals surface area (Å²) in [6, 6.07) is 9.99. The van der Waals surface area contributed by atoms with Crippen molar-refractivity contribution in [3.63, 3.8) is 0 Å². The maximum absolute atomic E-state index is 13.5. The third kappa shape index (κ3) is 5.15. The van der Waals surface area contributed by atoms with E-state index in [9.17, 15) is 14.0 Å². The number of aliphatic imine (C=N–C) groups is 1. The van der Waals surface area contributed by atoms with Crippen molar-refractivity contribution in [2.45, 2.75) is 32.4 Å². The summed E-state index contributed by atoms with van der Waals surface area (Å²) in [7, 11) is 0. The van der Waals surface area contributed by atoms with Crippen LogP contribution in [0.25, 0.3) is 11.3 Å². The van der Waals surface area contributed by atoms with Crippen LogP contribution in [0.3, 0.4) is 0 Å². The zero-order valence-electron chi connectivity index (χ0n) is 16.5. The lowest BCUT2D eigenvalue weighted by Gasteiger charge is -2.13. The van der Waals surface area contributed by atoms with Crippen LogP contribution in [0, 0.1) is 5.82 Å². The maximum atomic E-state index is 13.5. The van der Waals surface area contributed by atoms with Gasteiger partial charge < -0.3 is 0 Å². The van der Waals surface area contributed by atoms with Gasteiger partial charge in [-0.05, 0) is 80.8 Å². The number of Topliss-reactive ketones (excluding diaryl/α,β-unsaturated/α-hetero) is 2. The van der Waals surface area contributed by atoms with E-state index in [0.717, 1.165) is 34.0 Å². The summed E-state index contributed by atoms with van der Waals surface area (Å²) in [5.41, 5.74) is 4.45. The molecule has 2 aromatic rings. The molecule has 148 valence electrons. The van der Waals surface area contributed by atoms with Crippen molar-refractivity contribution in [2.24, 2.45) is 4.99 Å². The van der Waals surface area contributed by atoms with Gasteiger partial charge in [0.1, 0.15) is 11.1 Å². The zero-order chi connectivity index (χ0) is 21.0. The number of carbonyl (C=O) groups is 2.